The van der Waals surface area contributed by atoms with Gasteiger partial charge in [-0.05, 0) is 37.3 Å². The molecule has 8 nitrogen and oxygen atoms in total. The highest BCUT2D eigenvalue weighted by Crippen LogP contribution is 2.29. The van der Waals surface area contributed by atoms with Gasteiger partial charge < -0.3 is 15.0 Å². The van der Waals surface area contributed by atoms with Gasteiger partial charge in [0.25, 0.3) is 5.69 Å². The summed E-state index contributed by atoms with van der Waals surface area (Å²) in [5.74, 6) is -0.243. The minimum Gasteiger partial charge on any atom is -0.494 e. The zero-order valence-electron chi connectivity index (χ0n) is 16.3. The molecule has 2 aromatic carbocycles. The van der Waals surface area contributed by atoms with E-state index in [1.807, 2.05) is 6.92 Å². The van der Waals surface area contributed by atoms with Gasteiger partial charge >= 0.3 is 0 Å². The van der Waals surface area contributed by atoms with Crippen molar-refractivity contribution in [1.82, 2.24) is 4.90 Å². The number of hydrogen-bond donors (Lipinski definition) is 1. The molecule has 1 saturated heterocycles. The first-order valence-electron chi connectivity index (χ1n) is 9.27. The van der Waals surface area contributed by atoms with E-state index < -0.39 is 4.92 Å². The summed E-state index contributed by atoms with van der Waals surface area (Å²) in [5.41, 5.74) is 1.24. The summed E-state index contributed by atoms with van der Waals surface area (Å²) >= 11 is 0. The minimum absolute atomic E-state index is 0.107. The standard InChI is InChI=1S/C20H23FN4O4/c1-14(20(26)22-18-8-7-17(25(27)28)13-19(18)29-2)23-9-11-24(12-10-23)16-5-3-15(21)4-6-16/h3-8,13-14H,9-12H2,1-2H3,(H,22,26)/t14-/m1/s1. The molecule has 0 aromatic heterocycles. The predicted molar refractivity (Wildman–Crippen MR) is 108 cm³/mol. The Bertz CT molecular complexity index is 883. The second-order valence-corrected chi connectivity index (χ2v) is 6.81. The molecule has 154 valence electrons. The fraction of sp³-hybridized carbons (Fsp3) is 0.350. The molecule has 0 bridgehead atoms. The molecule has 0 aliphatic carbocycles. The van der Waals surface area contributed by atoms with Crippen molar-refractivity contribution in [1.29, 1.82) is 0 Å². The van der Waals surface area contributed by atoms with E-state index in [1.54, 1.807) is 12.1 Å². The van der Waals surface area contributed by atoms with Crippen LogP contribution in [0.25, 0.3) is 0 Å². The van der Waals surface area contributed by atoms with Gasteiger partial charge in [-0.2, -0.15) is 0 Å². The van der Waals surface area contributed by atoms with Crippen molar-refractivity contribution >= 4 is 23.0 Å². The van der Waals surface area contributed by atoms with Gasteiger partial charge in [0.15, 0.2) is 0 Å². The monoisotopic (exact) mass is 402 g/mol. The highest BCUT2D eigenvalue weighted by Gasteiger charge is 2.26. The molecule has 1 aliphatic heterocycles. The average Bonchev–Trinajstić information content (AvgIpc) is 2.74. The van der Waals surface area contributed by atoms with Gasteiger partial charge in [-0.3, -0.25) is 19.8 Å². The predicted octanol–water partition coefficient (Wildman–Crippen LogP) is 2.89. The molecule has 3 rings (SSSR count). The van der Waals surface area contributed by atoms with Crippen LogP contribution in [0, 0.1) is 15.9 Å². The number of non-ortho nitro benzene ring substituents is 1. The van der Waals surface area contributed by atoms with Crippen molar-refractivity contribution in [2.75, 3.05) is 43.5 Å². The number of carbonyl (C=O) groups is 1. The third kappa shape index (κ3) is 4.80. The Morgan fingerprint density at radius 3 is 2.41 bits per heavy atom. The molecule has 1 amide bonds. The molecule has 2 aromatic rings. The summed E-state index contributed by atoms with van der Waals surface area (Å²) < 4.78 is 18.3. The van der Waals surface area contributed by atoms with Crippen molar-refractivity contribution in [3.05, 3.63) is 58.4 Å². The topological polar surface area (TPSA) is 87.9 Å². The van der Waals surface area contributed by atoms with E-state index >= 15 is 0 Å². The van der Waals surface area contributed by atoms with Crippen LogP contribution >= 0.6 is 0 Å². The molecule has 1 heterocycles. The van der Waals surface area contributed by atoms with E-state index in [4.69, 9.17) is 4.74 Å². The van der Waals surface area contributed by atoms with Crippen molar-refractivity contribution in [2.24, 2.45) is 0 Å². The lowest BCUT2D eigenvalue weighted by Crippen LogP contribution is -2.52. The quantitative estimate of drug-likeness (QED) is 0.591. The molecule has 9 heteroatoms. The molecule has 29 heavy (non-hydrogen) atoms. The number of halogens is 1. The molecule has 0 unspecified atom stereocenters. The van der Waals surface area contributed by atoms with Gasteiger partial charge in [-0.25, -0.2) is 4.39 Å². The van der Waals surface area contributed by atoms with Crippen molar-refractivity contribution in [2.45, 2.75) is 13.0 Å². The lowest BCUT2D eigenvalue weighted by atomic mass is 10.2. The molecular formula is C20H23FN4O4. The molecule has 1 N–H and O–H groups in total. The van der Waals surface area contributed by atoms with Gasteiger partial charge in [-0.1, -0.05) is 0 Å². The highest BCUT2D eigenvalue weighted by atomic mass is 19.1. The highest BCUT2D eigenvalue weighted by molar-refractivity contribution is 5.96. The van der Waals surface area contributed by atoms with E-state index in [-0.39, 0.29) is 29.2 Å². The number of amides is 1. The fourth-order valence-electron chi connectivity index (χ4n) is 3.32. The van der Waals surface area contributed by atoms with E-state index in [1.165, 1.54) is 37.4 Å². The van der Waals surface area contributed by atoms with Gasteiger partial charge in [0, 0.05) is 37.9 Å². The van der Waals surface area contributed by atoms with Crippen molar-refractivity contribution in [3.8, 4) is 5.75 Å². The Balaban J connectivity index is 1.60. The molecule has 0 saturated carbocycles. The zero-order chi connectivity index (χ0) is 21.0. The normalized spacial score (nSPS) is 15.6. The van der Waals surface area contributed by atoms with Crippen LogP contribution in [0.3, 0.4) is 0 Å². The van der Waals surface area contributed by atoms with Crippen LogP contribution in [-0.4, -0.2) is 55.1 Å². The molecule has 0 spiro atoms. The number of benzene rings is 2. The molecule has 1 aliphatic rings. The first kappa shape index (κ1) is 20.5. The minimum atomic E-state index is -0.517. The number of nitro groups is 1. The number of rotatable bonds is 6. The third-order valence-electron chi connectivity index (χ3n) is 5.09. The number of nitrogens with one attached hydrogen (secondary N) is 1. The largest absolute Gasteiger partial charge is 0.494 e. The van der Waals surface area contributed by atoms with Gasteiger partial charge in [0.1, 0.15) is 11.6 Å². The fourth-order valence-corrected chi connectivity index (χ4v) is 3.32. The van der Waals surface area contributed by atoms with Crippen LogP contribution in [0.2, 0.25) is 0 Å². The summed E-state index contributed by atoms with van der Waals surface area (Å²) in [5, 5.41) is 13.7. The average molecular weight is 402 g/mol. The summed E-state index contributed by atoms with van der Waals surface area (Å²) in [6.07, 6.45) is 0. The zero-order valence-corrected chi connectivity index (χ0v) is 16.3. The molecule has 1 fully saturated rings. The maximum Gasteiger partial charge on any atom is 0.273 e. The Morgan fingerprint density at radius 1 is 1.17 bits per heavy atom. The Morgan fingerprint density at radius 2 is 1.83 bits per heavy atom. The van der Waals surface area contributed by atoms with Crippen LogP contribution in [0.4, 0.5) is 21.5 Å². The Labute approximate surface area is 168 Å². The molecular weight excluding hydrogens is 379 g/mol. The number of hydrogen-bond acceptors (Lipinski definition) is 6. The Hall–Kier alpha value is -3.20. The summed E-state index contributed by atoms with van der Waals surface area (Å²) in [7, 11) is 1.40. The Kier molecular flexibility index (Phi) is 6.28. The van der Waals surface area contributed by atoms with Crippen LogP contribution < -0.4 is 15.0 Å². The number of ether oxygens (including phenoxy) is 1. The van der Waals surface area contributed by atoms with Crippen LogP contribution in [0.15, 0.2) is 42.5 Å². The third-order valence-corrected chi connectivity index (χ3v) is 5.09. The number of methoxy groups -OCH3 is 1. The summed E-state index contributed by atoms with van der Waals surface area (Å²) in [6.45, 7) is 4.64. The number of anilines is 2. The van der Waals surface area contributed by atoms with Crippen LogP contribution in [0.5, 0.6) is 5.75 Å². The lowest BCUT2D eigenvalue weighted by Gasteiger charge is -2.38. The first-order valence-corrected chi connectivity index (χ1v) is 9.27. The van der Waals surface area contributed by atoms with Gasteiger partial charge in [0.2, 0.25) is 5.91 Å². The summed E-state index contributed by atoms with van der Waals surface area (Å²) in [4.78, 5) is 27.3. The van der Waals surface area contributed by atoms with Crippen molar-refractivity contribution < 1.29 is 18.8 Å². The molecule has 1 atom stereocenters. The number of carbonyl (C=O) groups excluding carboxylic acids is 1. The van der Waals surface area contributed by atoms with Crippen molar-refractivity contribution in [3.63, 3.8) is 0 Å². The van der Waals surface area contributed by atoms with Crippen LogP contribution in [0.1, 0.15) is 6.92 Å². The first-order chi connectivity index (χ1) is 13.9. The maximum atomic E-state index is 13.1. The number of piperazine rings is 1. The summed E-state index contributed by atoms with van der Waals surface area (Å²) in [6, 6.07) is 10.1. The lowest BCUT2D eigenvalue weighted by molar-refractivity contribution is -0.384. The van der Waals surface area contributed by atoms with E-state index in [0.29, 0.717) is 18.8 Å². The second kappa shape index (κ2) is 8.87. The van der Waals surface area contributed by atoms with Crippen LogP contribution in [-0.2, 0) is 4.79 Å². The number of nitrogens with zero attached hydrogens (tertiary/aromatic N) is 3. The van der Waals surface area contributed by atoms with Gasteiger partial charge in [-0.15, -0.1) is 0 Å². The smallest absolute Gasteiger partial charge is 0.273 e. The van der Waals surface area contributed by atoms with Gasteiger partial charge in [0.05, 0.1) is 29.8 Å². The second-order valence-electron chi connectivity index (χ2n) is 6.81. The SMILES string of the molecule is COc1cc([N+](=O)[O-])ccc1NC(=O)[C@@H](C)N1CCN(c2ccc(F)cc2)CC1. The number of nitro benzene ring substituents is 1. The van der Waals surface area contributed by atoms with E-state index in [9.17, 15) is 19.3 Å². The molecule has 0 radical (unpaired) electrons. The van der Waals surface area contributed by atoms with E-state index in [2.05, 4.69) is 15.1 Å². The van der Waals surface area contributed by atoms with E-state index in [0.717, 1.165) is 18.8 Å². The maximum absolute atomic E-state index is 13.1.